The van der Waals surface area contributed by atoms with E-state index in [1.807, 2.05) is 54.6 Å². The molecule has 0 bridgehead atoms. The molecule has 1 heterocycles. The number of fused-ring (bicyclic) bond motifs is 1. The number of hydrogen-bond donors (Lipinski definition) is 3. The van der Waals surface area contributed by atoms with Crippen molar-refractivity contribution in [3.63, 3.8) is 0 Å². The van der Waals surface area contributed by atoms with Crippen LogP contribution >= 0.6 is 11.8 Å². The van der Waals surface area contributed by atoms with Crippen molar-refractivity contribution in [1.82, 2.24) is 4.42 Å². The number of carboxylic acid groups (broad SMARTS) is 1. The van der Waals surface area contributed by atoms with Crippen LogP contribution in [0.15, 0.2) is 84.9 Å². The van der Waals surface area contributed by atoms with Gasteiger partial charge in [-0.05, 0) is 82.8 Å². The highest BCUT2D eigenvalue weighted by Gasteiger charge is 2.24. The molecule has 1 amide bonds. The molecule has 0 radical (unpaired) electrons. The molecule has 0 atom stereocenters. The number of ether oxygens (including phenoxy) is 1. The Balaban J connectivity index is 1.54. The van der Waals surface area contributed by atoms with Crippen molar-refractivity contribution in [1.29, 1.82) is 5.41 Å². The molecule has 0 aromatic heterocycles. The number of carboxylic acids is 1. The summed E-state index contributed by atoms with van der Waals surface area (Å²) in [5, 5.41) is 17.8. The Labute approximate surface area is 243 Å². The van der Waals surface area contributed by atoms with Gasteiger partial charge in [-0.3, -0.25) is 10.2 Å². The van der Waals surface area contributed by atoms with Crippen LogP contribution in [0.4, 0.5) is 5.69 Å². The van der Waals surface area contributed by atoms with Gasteiger partial charge in [0.25, 0.3) is 5.91 Å². The summed E-state index contributed by atoms with van der Waals surface area (Å²) in [5.74, 6) is -1.05. The van der Waals surface area contributed by atoms with Crippen molar-refractivity contribution in [3.8, 4) is 16.9 Å². The molecule has 8 nitrogen and oxygen atoms in total. The Morgan fingerprint density at radius 1 is 1.00 bits per heavy atom. The van der Waals surface area contributed by atoms with Crippen LogP contribution in [0.1, 0.15) is 43.0 Å². The lowest BCUT2D eigenvalue weighted by Gasteiger charge is -2.23. The average molecular weight is 569 g/mol. The largest absolute Gasteiger partial charge is 0.497 e. The lowest BCUT2D eigenvalue weighted by molar-refractivity contribution is 0.0697. The maximum Gasteiger partial charge on any atom is 0.336 e. The lowest BCUT2D eigenvalue weighted by Crippen LogP contribution is -2.22. The molecule has 0 aliphatic carbocycles. The van der Waals surface area contributed by atoms with Crippen LogP contribution in [0, 0.1) is 5.41 Å². The van der Waals surface area contributed by atoms with Gasteiger partial charge in [-0.2, -0.15) is 0 Å². The highest BCUT2D eigenvalue weighted by atomic mass is 35.5. The molecule has 0 spiro atoms. The fourth-order valence-electron chi connectivity index (χ4n) is 5.12. The normalized spacial score (nSPS) is 12.1. The number of carbonyl (C=O) groups excluding carboxylic acids is 1. The molecule has 4 aromatic carbocycles. The number of nitrogens with two attached hydrogens (primary N) is 1. The van der Waals surface area contributed by atoms with Crippen LogP contribution in [-0.2, 0) is 19.5 Å². The van der Waals surface area contributed by atoms with E-state index in [4.69, 9.17) is 27.7 Å². The maximum absolute atomic E-state index is 13.4. The van der Waals surface area contributed by atoms with Gasteiger partial charge < -0.3 is 20.5 Å². The molecule has 0 saturated heterocycles. The zero-order valence-electron chi connectivity index (χ0n) is 22.4. The number of hydrogen-bond acceptors (Lipinski definition) is 5. The number of amidine groups is 1. The van der Waals surface area contributed by atoms with E-state index in [-0.39, 0.29) is 17.9 Å². The van der Waals surface area contributed by atoms with Gasteiger partial charge in [-0.1, -0.05) is 36.4 Å². The highest BCUT2D eigenvalue weighted by molar-refractivity contribution is 6.24. The van der Waals surface area contributed by atoms with Gasteiger partial charge in [-0.15, -0.1) is 0 Å². The van der Waals surface area contributed by atoms with Crippen molar-refractivity contribution in [2.75, 3.05) is 18.6 Å². The van der Waals surface area contributed by atoms with Crippen LogP contribution < -0.4 is 15.4 Å². The summed E-state index contributed by atoms with van der Waals surface area (Å²) < 4.78 is 6.40. The van der Waals surface area contributed by atoms with Gasteiger partial charge in [-0.25, -0.2) is 9.21 Å². The second-order valence-corrected chi connectivity index (χ2v) is 10.2. The van der Waals surface area contributed by atoms with Gasteiger partial charge in [0, 0.05) is 41.7 Å². The zero-order valence-corrected chi connectivity index (χ0v) is 23.2. The number of rotatable bonds is 9. The SMILES string of the molecule is COc1ccc(-c2cc(C(=O)N(Cl)Cc3ccccc3)ccc2CN2CCc3cc(C(=N)N)ccc32)c(C(=O)O)c1. The molecule has 5 rings (SSSR count). The summed E-state index contributed by atoms with van der Waals surface area (Å²) in [4.78, 5) is 27.9. The molecule has 4 N–H and O–H groups in total. The number of amides is 1. The predicted octanol–water partition coefficient (Wildman–Crippen LogP) is 5.70. The van der Waals surface area contributed by atoms with Crippen molar-refractivity contribution in [3.05, 3.63) is 118 Å². The second kappa shape index (κ2) is 11.7. The fourth-order valence-corrected chi connectivity index (χ4v) is 5.36. The minimum absolute atomic E-state index is 0.0232. The molecule has 1 aliphatic rings. The summed E-state index contributed by atoms with van der Waals surface area (Å²) >= 11 is 6.43. The van der Waals surface area contributed by atoms with Crippen LogP contribution in [0.25, 0.3) is 11.1 Å². The Bertz CT molecular complexity index is 1640. The van der Waals surface area contributed by atoms with E-state index in [0.29, 0.717) is 34.5 Å². The molecule has 0 fully saturated rings. The van der Waals surface area contributed by atoms with Crippen molar-refractivity contribution >= 4 is 35.2 Å². The third kappa shape index (κ3) is 5.88. The molecule has 4 aromatic rings. The summed E-state index contributed by atoms with van der Waals surface area (Å²) in [6.07, 6.45) is 0.798. The number of nitrogens with zero attached hydrogens (tertiary/aromatic N) is 2. The van der Waals surface area contributed by atoms with E-state index in [9.17, 15) is 14.7 Å². The molecule has 9 heteroatoms. The van der Waals surface area contributed by atoms with E-state index >= 15 is 0 Å². The number of nitrogens with one attached hydrogen (secondary N) is 1. The van der Waals surface area contributed by atoms with Gasteiger partial charge in [0.2, 0.25) is 0 Å². The van der Waals surface area contributed by atoms with E-state index in [1.54, 1.807) is 24.3 Å². The van der Waals surface area contributed by atoms with E-state index in [1.165, 1.54) is 13.2 Å². The first-order valence-corrected chi connectivity index (χ1v) is 13.4. The first-order chi connectivity index (χ1) is 19.7. The number of anilines is 1. The maximum atomic E-state index is 13.4. The van der Waals surface area contributed by atoms with E-state index in [0.717, 1.165) is 39.8 Å². The molecule has 1 aliphatic heterocycles. The third-order valence-corrected chi connectivity index (χ3v) is 7.51. The highest BCUT2D eigenvalue weighted by Crippen LogP contribution is 2.35. The monoisotopic (exact) mass is 568 g/mol. The minimum Gasteiger partial charge on any atom is -0.497 e. The Hall–Kier alpha value is -4.82. The lowest BCUT2D eigenvalue weighted by atomic mass is 9.92. The number of aromatic carboxylic acids is 1. The Kier molecular flexibility index (Phi) is 7.94. The molecular weight excluding hydrogens is 540 g/mol. The standard InChI is InChI=1S/C32H29ClN4O4/c1-41-25-10-11-26(28(17-25)32(39)40)27-16-23(31(38)37(33)18-20-5-3-2-4-6-20)7-8-24(27)19-36-14-13-21-15-22(30(34)35)9-12-29(21)36/h2-12,15-17H,13-14,18-19H2,1H3,(H3,34,35)(H,39,40). The van der Waals surface area contributed by atoms with Crippen molar-refractivity contribution < 1.29 is 19.4 Å². The van der Waals surface area contributed by atoms with Gasteiger partial charge in [0.1, 0.15) is 11.6 Å². The van der Waals surface area contributed by atoms with Crippen molar-refractivity contribution in [2.45, 2.75) is 19.5 Å². The molecule has 0 unspecified atom stereocenters. The first kappa shape index (κ1) is 27.7. The number of nitrogen functional groups attached to an aromatic ring is 1. The number of benzene rings is 4. The summed E-state index contributed by atoms with van der Waals surface area (Å²) in [6.45, 7) is 1.45. The Morgan fingerprint density at radius 2 is 1.76 bits per heavy atom. The predicted molar refractivity (Wildman–Crippen MR) is 160 cm³/mol. The number of methoxy groups -OCH3 is 1. The van der Waals surface area contributed by atoms with Crippen LogP contribution in [0.2, 0.25) is 0 Å². The fraction of sp³-hybridized carbons (Fsp3) is 0.156. The minimum atomic E-state index is -1.10. The van der Waals surface area contributed by atoms with Crippen molar-refractivity contribution in [2.24, 2.45) is 5.73 Å². The summed E-state index contributed by atoms with van der Waals surface area (Å²) in [6, 6.07) is 25.3. The van der Waals surface area contributed by atoms with Gasteiger partial charge >= 0.3 is 5.97 Å². The number of carbonyl (C=O) groups is 2. The smallest absolute Gasteiger partial charge is 0.336 e. The first-order valence-electron chi connectivity index (χ1n) is 13.0. The Morgan fingerprint density at radius 3 is 2.46 bits per heavy atom. The quantitative estimate of drug-likeness (QED) is 0.135. The molecular formula is C32H29ClN4O4. The van der Waals surface area contributed by atoms with Crippen LogP contribution in [0.3, 0.4) is 0 Å². The molecule has 208 valence electrons. The van der Waals surface area contributed by atoms with Gasteiger partial charge in [0.05, 0.1) is 19.2 Å². The molecule has 41 heavy (non-hydrogen) atoms. The second-order valence-electron chi connectivity index (χ2n) is 9.83. The van der Waals surface area contributed by atoms with Crippen LogP contribution in [-0.4, -0.2) is 40.9 Å². The van der Waals surface area contributed by atoms with Gasteiger partial charge in [0.15, 0.2) is 0 Å². The van der Waals surface area contributed by atoms with E-state index < -0.39 is 11.9 Å². The zero-order chi connectivity index (χ0) is 29.1. The number of halogens is 1. The summed E-state index contributed by atoms with van der Waals surface area (Å²) in [7, 11) is 1.48. The molecule has 0 saturated carbocycles. The summed E-state index contributed by atoms with van der Waals surface area (Å²) in [5.41, 5.74) is 11.7. The van der Waals surface area contributed by atoms with E-state index in [2.05, 4.69) is 4.90 Å². The van der Waals surface area contributed by atoms with Crippen LogP contribution in [0.5, 0.6) is 5.75 Å². The topological polar surface area (TPSA) is 120 Å². The third-order valence-electron chi connectivity index (χ3n) is 7.23. The average Bonchev–Trinajstić information content (AvgIpc) is 3.39.